The number of benzene rings is 2. The molecule has 0 radical (unpaired) electrons. The number of methoxy groups -OCH3 is 2. The summed E-state index contributed by atoms with van der Waals surface area (Å²) in [6.07, 6.45) is 1.62. The first-order valence-corrected chi connectivity index (χ1v) is 14.3. The summed E-state index contributed by atoms with van der Waals surface area (Å²) in [7, 11) is 3.11. The number of carbonyl (C=O) groups is 1. The SMILES string of the molecule is CCN(CC)C(=O)C1=C(C)N=c2s/c(=C/c3cc(Br)cc(Br)c3O)c(=O)n2[C@@H]1c1cc(OC)ccc1OC. The Bertz CT molecular complexity index is 1620. The number of phenols is 1. The Kier molecular flexibility index (Phi) is 8.49. The van der Waals surface area contributed by atoms with Gasteiger partial charge in [0.2, 0.25) is 0 Å². The van der Waals surface area contributed by atoms with E-state index >= 15 is 0 Å². The number of ether oxygens (including phenoxy) is 2. The first-order valence-electron chi connectivity index (χ1n) is 11.9. The van der Waals surface area contributed by atoms with Crippen LogP contribution in [0.2, 0.25) is 0 Å². The first kappa shape index (κ1) is 28.1. The number of allylic oxidation sites excluding steroid dienone is 1. The second-order valence-electron chi connectivity index (χ2n) is 8.49. The van der Waals surface area contributed by atoms with E-state index in [0.717, 1.165) is 4.47 Å². The minimum Gasteiger partial charge on any atom is -0.506 e. The summed E-state index contributed by atoms with van der Waals surface area (Å²) in [5, 5.41) is 10.6. The summed E-state index contributed by atoms with van der Waals surface area (Å²) in [6, 6.07) is 7.96. The lowest BCUT2D eigenvalue weighted by Crippen LogP contribution is -2.43. The average molecular weight is 665 g/mol. The van der Waals surface area contributed by atoms with Crippen molar-refractivity contribution in [1.29, 1.82) is 0 Å². The normalized spacial score (nSPS) is 15.2. The lowest BCUT2D eigenvalue weighted by Gasteiger charge is -2.30. The fourth-order valence-electron chi connectivity index (χ4n) is 4.46. The van der Waals surface area contributed by atoms with Crippen LogP contribution in [-0.4, -0.2) is 47.8 Å². The summed E-state index contributed by atoms with van der Waals surface area (Å²) in [6.45, 7) is 6.63. The number of rotatable bonds is 7. The van der Waals surface area contributed by atoms with Gasteiger partial charge in [-0.25, -0.2) is 4.99 Å². The number of aromatic hydroxyl groups is 1. The number of carbonyl (C=O) groups excluding carboxylic acids is 1. The van der Waals surface area contributed by atoms with Crippen LogP contribution in [0.3, 0.4) is 0 Å². The minimum atomic E-state index is -0.797. The zero-order valence-electron chi connectivity index (χ0n) is 21.5. The van der Waals surface area contributed by atoms with Gasteiger partial charge in [-0.2, -0.15) is 0 Å². The molecule has 0 aliphatic carbocycles. The van der Waals surface area contributed by atoms with Gasteiger partial charge in [-0.15, -0.1) is 0 Å². The molecular weight excluding hydrogens is 638 g/mol. The summed E-state index contributed by atoms with van der Waals surface area (Å²) < 4.78 is 14.3. The predicted octanol–water partition coefficient (Wildman–Crippen LogP) is 4.35. The van der Waals surface area contributed by atoms with Crippen molar-refractivity contribution in [3.05, 3.63) is 81.4 Å². The second-order valence-corrected chi connectivity index (χ2v) is 11.3. The molecule has 200 valence electrons. The molecule has 1 atom stereocenters. The van der Waals surface area contributed by atoms with Crippen LogP contribution in [0, 0.1) is 0 Å². The van der Waals surface area contributed by atoms with E-state index in [0.29, 0.717) is 60.8 Å². The van der Waals surface area contributed by atoms with E-state index in [1.165, 1.54) is 15.9 Å². The molecule has 38 heavy (non-hydrogen) atoms. The van der Waals surface area contributed by atoms with Gasteiger partial charge in [0.25, 0.3) is 11.5 Å². The number of likely N-dealkylation sites (N-methyl/N-ethyl adjacent to an activating group) is 1. The topological polar surface area (TPSA) is 93.4 Å². The summed E-state index contributed by atoms with van der Waals surface area (Å²) in [4.78, 5) is 34.6. The molecular formula is C27H27Br2N3O5S. The Labute approximate surface area is 240 Å². The van der Waals surface area contributed by atoms with Crippen molar-refractivity contribution >= 4 is 55.2 Å². The van der Waals surface area contributed by atoms with Crippen molar-refractivity contribution in [2.75, 3.05) is 27.3 Å². The van der Waals surface area contributed by atoms with Crippen LogP contribution in [0.1, 0.15) is 37.9 Å². The average Bonchev–Trinajstić information content (AvgIpc) is 3.20. The number of hydrogen-bond acceptors (Lipinski definition) is 7. The third kappa shape index (κ3) is 5.06. The molecule has 0 bridgehead atoms. The lowest BCUT2D eigenvalue weighted by atomic mass is 9.93. The molecule has 2 heterocycles. The first-order chi connectivity index (χ1) is 18.1. The van der Waals surface area contributed by atoms with Crippen LogP contribution in [0.4, 0.5) is 0 Å². The molecule has 0 unspecified atom stereocenters. The van der Waals surface area contributed by atoms with Gasteiger partial charge in [-0.1, -0.05) is 27.3 Å². The van der Waals surface area contributed by atoms with Gasteiger partial charge in [0.05, 0.1) is 34.5 Å². The van der Waals surface area contributed by atoms with Crippen molar-refractivity contribution < 1.29 is 19.4 Å². The maximum absolute atomic E-state index is 14.0. The molecule has 1 aliphatic heterocycles. The highest BCUT2D eigenvalue weighted by Crippen LogP contribution is 2.38. The van der Waals surface area contributed by atoms with Gasteiger partial charge in [0.15, 0.2) is 4.80 Å². The number of aromatic nitrogens is 1. The monoisotopic (exact) mass is 663 g/mol. The van der Waals surface area contributed by atoms with E-state index in [9.17, 15) is 14.7 Å². The fourth-order valence-corrected chi connectivity index (χ4v) is 6.76. The number of nitrogens with zero attached hydrogens (tertiary/aromatic N) is 3. The third-order valence-electron chi connectivity index (χ3n) is 6.38. The summed E-state index contributed by atoms with van der Waals surface area (Å²) >= 11 is 7.96. The van der Waals surface area contributed by atoms with Crippen molar-refractivity contribution in [1.82, 2.24) is 9.47 Å². The molecule has 1 N–H and O–H groups in total. The van der Waals surface area contributed by atoms with Crippen LogP contribution in [0.25, 0.3) is 6.08 Å². The highest BCUT2D eigenvalue weighted by Gasteiger charge is 2.36. The number of phenolic OH excluding ortho intramolecular Hbond substituents is 1. The number of halogens is 2. The summed E-state index contributed by atoms with van der Waals surface area (Å²) in [5.74, 6) is 0.891. The van der Waals surface area contributed by atoms with Crippen LogP contribution in [-0.2, 0) is 4.79 Å². The molecule has 0 spiro atoms. The zero-order chi connectivity index (χ0) is 27.7. The molecule has 0 fully saturated rings. The molecule has 8 nitrogen and oxygen atoms in total. The van der Waals surface area contributed by atoms with Gasteiger partial charge in [0, 0.05) is 28.7 Å². The van der Waals surface area contributed by atoms with E-state index in [2.05, 4.69) is 31.9 Å². The molecule has 3 aromatic rings. The van der Waals surface area contributed by atoms with Crippen molar-refractivity contribution in [2.24, 2.45) is 4.99 Å². The summed E-state index contributed by atoms with van der Waals surface area (Å²) in [5.41, 5.74) is 1.65. The Balaban J connectivity index is 2.05. The van der Waals surface area contributed by atoms with Gasteiger partial charge in [-0.3, -0.25) is 14.2 Å². The second kappa shape index (κ2) is 11.5. The Morgan fingerprint density at radius 2 is 1.89 bits per heavy atom. The van der Waals surface area contributed by atoms with Crippen LogP contribution < -0.4 is 24.4 Å². The van der Waals surface area contributed by atoms with Crippen LogP contribution >= 0.6 is 43.2 Å². The molecule has 0 saturated heterocycles. The molecule has 1 aliphatic rings. The maximum Gasteiger partial charge on any atom is 0.271 e. The number of amides is 1. The third-order valence-corrected chi connectivity index (χ3v) is 8.42. The van der Waals surface area contributed by atoms with Gasteiger partial charge >= 0.3 is 0 Å². The van der Waals surface area contributed by atoms with E-state index in [-0.39, 0.29) is 17.2 Å². The zero-order valence-corrected chi connectivity index (χ0v) is 25.5. The minimum absolute atomic E-state index is 0.0126. The molecule has 0 saturated carbocycles. The van der Waals surface area contributed by atoms with Gasteiger partial charge in [0.1, 0.15) is 23.3 Å². The number of thiazole rings is 1. The van der Waals surface area contributed by atoms with E-state index in [4.69, 9.17) is 14.5 Å². The standard InChI is InChI=1S/C27H27Br2N3O5S/c1-6-31(7-2)26(35)22-14(3)30-27-32(23(22)18-13-17(36-4)8-9-20(18)37-5)25(34)21(38-27)11-15-10-16(28)12-19(29)24(15)33/h8-13,23,33H,6-7H2,1-5H3/b21-11+/t23-/m1/s1. The number of hydrogen-bond donors (Lipinski definition) is 1. The van der Waals surface area contributed by atoms with Crippen molar-refractivity contribution in [2.45, 2.75) is 26.8 Å². The van der Waals surface area contributed by atoms with Crippen molar-refractivity contribution in [3.63, 3.8) is 0 Å². The molecule has 1 amide bonds. The van der Waals surface area contributed by atoms with Crippen molar-refractivity contribution in [3.8, 4) is 17.2 Å². The van der Waals surface area contributed by atoms with E-state index in [1.54, 1.807) is 62.5 Å². The predicted molar refractivity (Wildman–Crippen MR) is 155 cm³/mol. The Morgan fingerprint density at radius 1 is 1.18 bits per heavy atom. The van der Waals surface area contributed by atoms with Crippen LogP contribution in [0.15, 0.2) is 60.3 Å². The van der Waals surface area contributed by atoms with E-state index < -0.39 is 6.04 Å². The maximum atomic E-state index is 14.0. The fraction of sp³-hybridized carbons (Fsp3) is 0.296. The highest BCUT2D eigenvalue weighted by molar-refractivity contribution is 9.11. The quantitative estimate of drug-likeness (QED) is 0.406. The van der Waals surface area contributed by atoms with Gasteiger partial charge in [-0.05, 0) is 73.1 Å². The number of fused-ring (bicyclic) bond motifs is 1. The molecule has 11 heteroatoms. The Hall–Kier alpha value is -2.89. The molecule has 4 rings (SSSR count). The molecule has 1 aromatic heterocycles. The lowest BCUT2D eigenvalue weighted by molar-refractivity contribution is -0.127. The van der Waals surface area contributed by atoms with E-state index in [1.807, 2.05) is 13.8 Å². The van der Waals surface area contributed by atoms with Gasteiger partial charge < -0.3 is 19.5 Å². The Morgan fingerprint density at radius 3 is 2.53 bits per heavy atom. The van der Waals surface area contributed by atoms with Crippen LogP contribution in [0.5, 0.6) is 17.2 Å². The highest BCUT2D eigenvalue weighted by atomic mass is 79.9. The molecule has 2 aromatic carbocycles. The largest absolute Gasteiger partial charge is 0.506 e. The smallest absolute Gasteiger partial charge is 0.271 e.